The number of sulfone groups is 1. The summed E-state index contributed by atoms with van der Waals surface area (Å²) in [5.41, 5.74) is 6.93. The Morgan fingerprint density at radius 2 is 1.60 bits per heavy atom. The van der Waals surface area contributed by atoms with Gasteiger partial charge in [-0.3, -0.25) is 0 Å². The highest BCUT2D eigenvalue weighted by Crippen LogP contribution is 2.36. The normalized spacial score (nSPS) is 31.5. The van der Waals surface area contributed by atoms with Crippen LogP contribution in [0.1, 0.15) is 12.8 Å². The molecule has 25 heavy (non-hydrogen) atoms. The van der Waals surface area contributed by atoms with Crippen molar-refractivity contribution in [1.82, 2.24) is 4.72 Å². The smallest absolute Gasteiger partial charge is 0.240 e. The Kier molecular flexibility index (Phi) is 4.87. The third kappa shape index (κ3) is 3.99. The molecule has 1 heterocycles. The average molecular weight is 388 g/mol. The minimum Gasteiger partial charge on any atom is -0.378 e. The summed E-state index contributed by atoms with van der Waals surface area (Å²) in [6.45, 7) is 0. The number of sulfonamides is 1. The average Bonchev–Trinajstić information content (AvgIpc) is 2.48. The number of hydrogen-bond acceptors (Lipinski definition) is 6. The molecule has 0 amide bonds. The topological polar surface area (TPSA) is 110 Å². The molecule has 0 radical (unpaired) electrons. The van der Waals surface area contributed by atoms with Crippen LogP contribution in [0.5, 0.6) is 0 Å². The summed E-state index contributed by atoms with van der Waals surface area (Å²) in [5, 5.41) is 0. The van der Waals surface area contributed by atoms with E-state index in [4.69, 9.17) is 5.73 Å². The Hall–Kier alpha value is -1.16. The first kappa shape index (κ1) is 18.6. The Morgan fingerprint density at radius 1 is 1.08 bits per heavy atom. The molecule has 2 aliphatic rings. The summed E-state index contributed by atoms with van der Waals surface area (Å²) < 4.78 is 52.3. The van der Waals surface area contributed by atoms with Crippen LogP contribution >= 0.6 is 0 Å². The SMILES string of the molecule is CN(C)c1ccc(S(=O)(=O)NC2C3CC(N)CC2CS(=O)(=O)C3)cc1. The van der Waals surface area contributed by atoms with Crippen LogP contribution in [0.3, 0.4) is 0 Å². The predicted molar refractivity (Wildman–Crippen MR) is 97.7 cm³/mol. The molecule has 0 spiro atoms. The molecule has 1 saturated carbocycles. The van der Waals surface area contributed by atoms with Gasteiger partial charge in [-0.15, -0.1) is 0 Å². The molecule has 2 unspecified atom stereocenters. The van der Waals surface area contributed by atoms with E-state index in [9.17, 15) is 16.8 Å². The Morgan fingerprint density at radius 3 is 2.08 bits per heavy atom. The van der Waals surface area contributed by atoms with Crippen LogP contribution < -0.4 is 15.4 Å². The van der Waals surface area contributed by atoms with Crippen molar-refractivity contribution >= 4 is 25.5 Å². The van der Waals surface area contributed by atoms with Crippen LogP contribution in [0.15, 0.2) is 29.2 Å². The lowest BCUT2D eigenvalue weighted by Gasteiger charge is -2.44. The van der Waals surface area contributed by atoms with Crippen LogP contribution in [-0.4, -0.2) is 54.5 Å². The fourth-order valence-corrected chi connectivity index (χ4v) is 7.48. The molecule has 1 aromatic rings. The molecular formula is C16H25N3O4S2. The highest BCUT2D eigenvalue weighted by molar-refractivity contribution is 7.91. The van der Waals surface area contributed by atoms with Gasteiger partial charge in [-0.25, -0.2) is 21.6 Å². The number of fused-ring (bicyclic) bond motifs is 2. The van der Waals surface area contributed by atoms with E-state index in [2.05, 4.69) is 4.72 Å². The maximum Gasteiger partial charge on any atom is 0.240 e. The van der Waals surface area contributed by atoms with Crippen molar-refractivity contribution in [3.05, 3.63) is 24.3 Å². The van der Waals surface area contributed by atoms with E-state index in [0.717, 1.165) is 5.69 Å². The molecule has 1 saturated heterocycles. The highest BCUT2D eigenvalue weighted by Gasteiger charge is 2.46. The Bertz CT molecular complexity index is 813. The van der Waals surface area contributed by atoms with Crippen LogP contribution in [0, 0.1) is 11.8 Å². The standard InChI is InChI=1S/C16H25N3O4S2/c1-19(2)14-3-5-15(6-4-14)25(22,23)18-16-11-7-13(17)8-12(16)10-24(20,21)9-11/h3-6,11-13,16,18H,7-10,17H2,1-2H3. The van der Waals surface area contributed by atoms with Crippen molar-refractivity contribution in [2.24, 2.45) is 17.6 Å². The Labute approximate surface area is 149 Å². The lowest BCUT2D eigenvalue weighted by Crippen LogP contribution is -2.58. The van der Waals surface area contributed by atoms with Gasteiger partial charge in [0.1, 0.15) is 0 Å². The van der Waals surface area contributed by atoms with E-state index < -0.39 is 19.9 Å². The molecule has 2 bridgehead atoms. The van der Waals surface area contributed by atoms with E-state index >= 15 is 0 Å². The summed E-state index contributed by atoms with van der Waals surface area (Å²) >= 11 is 0. The van der Waals surface area contributed by atoms with Crippen LogP contribution in [0.2, 0.25) is 0 Å². The van der Waals surface area contributed by atoms with Gasteiger partial charge in [-0.1, -0.05) is 0 Å². The lowest BCUT2D eigenvalue weighted by molar-refractivity contribution is 0.203. The molecule has 2 atom stereocenters. The van der Waals surface area contributed by atoms with Gasteiger partial charge in [0.25, 0.3) is 0 Å². The summed E-state index contributed by atoms with van der Waals surface area (Å²) in [7, 11) is -3.07. The second-order valence-electron chi connectivity index (χ2n) is 7.36. The summed E-state index contributed by atoms with van der Waals surface area (Å²) in [6.07, 6.45) is 1.06. The third-order valence-electron chi connectivity index (χ3n) is 5.12. The van der Waals surface area contributed by atoms with Gasteiger partial charge in [0, 0.05) is 31.9 Å². The summed E-state index contributed by atoms with van der Waals surface area (Å²) in [4.78, 5) is 2.08. The van der Waals surface area contributed by atoms with Crippen molar-refractivity contribution < 1.29 is 16.8 Å². The van der Waals surface area contributed by atoms with E-state index in [1.165, 1.54) is 0 Å². The van der Waals surface area contributed by atoms with E-state index in [1.54, 1.807) is 24.3 Å². The first-order valence-electron chi connectivity index (χ1n) is 8.33. The van der Waals surface area contributed by atoms with E-state index in [0.29, 0.717) is 12.8 Å². The third-order valence-corrected chi connectivity index (χ3v) is 8.46. The zero-order valence-corrected chi connectivity index (χ0v) is 16.1. The van der Waals surface area contributed by atoms with Gasteiger partial charge in [-0.05, 0) is 48.9 Å². The molecule has 9 heteroatoms. The molecule has 3 rings (SSSR count). The number of nitrogens with zero attached hydrogens (tertiary/aromatic N) is 1. The Balaban J connectivity index is 1.83. The zero-order valence-electron chi connectivity index (χ0n) is 14.4. The van der Waals surface area contributed by atoms with Gasteiger partial charge in [-0.2, -0.15) is 0 Å². The van der Waals surface area contributed by atoms with Crippen LogP contribution in [-0.2, 0) is 19.9 Å². The number of nitrogens with two attached hydrogens (primary N) is 1. The largest absolute Gasteiger partial charge is 0.378 e. The van der Waals surface area contributed by atoms with Gasteiger partial charge in [0.05, 0.1) is 16.4 Å². The second-order valence-corrected chi connectivity index (χ2v) is 11.2. The molecule has 0 aromatic heterocycles. The number of nitrogens with one attached hydrogen (secondary N) is 1. The quantitative estimate of drug-likeness (QED) is 0.763. The lowest BCUT2D eigenvalue weighted by atomic mass is 9.76. The van der Waals surface area contributed by atoms with Crippen LogP contribution in [0.4, 0.5) is 5.69 Å². The van der Waals surface area contributed by atoms with Gasteiger partial charge in [0.2, 0.25) is 10.0 Å². The molecular weight excluding hydrogens is 362 g/mol. The molecule has 1 aliphatic heterocycles. The fraction of sp³-hybridized carbons (Fsp3) is 0.625. The van der Waals surface area contributed by atoms with Crippen LogP contribution in [0.25, 0.3) is 0 Å². The molecule has 3 N–H and O–H groups in total. The van der Waals surface area contributed by atoms with E-state index in [1.807, 2.05) is 19.0 Å². The maximum absolute atomic E-state index is 12.8. The van der Waals surface area contributed by atoms with Gasteiger partial charge < -0.3 is 10.6 Å². The van der Waals surface area contributed by atoms with E-state index in [-0.39, 0.29) is 40.3 Å². The van der Waals surface area contributed by atoms with Crippen molar-refractivity contribution in [3.8, 4) is 0 Å². The molecule has 1 aliphatic carbocycles. The molecule has 1 aromatic carbocycles. The van der Waals surface area contributed by atoms with Crippen molar-refractivity contribution in [2.75, 3.05) is 30.5 Å². The molecule has 2 fully saturated rings. The zero-order chi connectivity index (χ0) is 18.4. The molecule has 7 nitrogen and oxygen atoms in total. The first-order valence-corrected chi connectivity index (χ1v) is 11.6. The van der Waals surface area contributed by atoms with Crippen molar-refractivity contribution in [2.45, 2.75) is 29.8 Å². The van der Waals surface area contributed by atoms with Gasteiger partial charge in [0.15, 0.2) is 9.84 Å². The maximum atomic E-state index is 12.8. The molecule has 140 valence electrons. The van der Waals surface area contributed by atoms with Gasteiger partial charge >= 0.3 is 0 Å². The summed E-state index contributed by atoms with van der Waals surface area (Å²) in [6, 6.07) is 6.19. The monoisotopic (exact) mass is 387 g/mol. The number of hydrogen-bond donors (Lipinski definition) is 2. The predicted octanol–water partition coefficient (Wildman–Crippen LogP) is 0.181. The summed E-state index contributed by atoms with van der Waals surface area (Å²) in [5.74, 6) is -0.514. The second kappa shape index (κ2) is 6.53. The minimum absolute atomic E-state index is 0.00392. The minimum atomic E-state index is -3.70. The van der Waals surface area contributed by atoms with Crippen molar-refractivity contribution in [1.29, 1.82) is 0 Å². The highest BCUT2D eigenvalue weighted by atomic mass is 32.2. The number of anilines is 1. The number of rotatable bonds is 4. The fourth-order valence-electron chi connectivity index (χ4n) is 3.98. The number of benzene rings is 1. The van der Waals surface area contributed by atoms with Crippen molar-refractivity contribution in [3.63, 3.8) is 0 Å². The first-order chi connectivity index (χ1) is 11.6.